The fraction of sp³-hybridized carbons (Fsp3) is 0.524. The second kappa shape index (κ2) is 6.90. The van der Waals surface area contributed by atoms with Crippen molar-refractivity contribution in [2.45, 2.75) is 24.9 Å². The molecule has 2 aromatic rings. The van der Waals surface area contributed by atoms with Gasteiger partial charge in [-0.1, -0.05) is 30.3 Å². The SMILES string of the molecule is CCn1nccc1NC(=O)NC1C2CN3CCN(C2)CC1(c1ccccc1)C3. The minimum Gasteiger partial charge on any atom is -0.334 e. The van der Waals surface area contributed by atoms with Gasteiger partial charge in [0.1, 0.15) is 5.82 Å². The van der Waals surface area contributed by atoms with Gasteiger partial charge in [0.2, 0.25) is 0 Å². The molecule has 4 aliphatic heterocycles. The molecule has 3 unspecified atom stereocenters. The number of hydrogen-bond donors (Lipinski definition) is 2. The fourth-order valence-electron chi connectivity index (χ4n) is 5.55. The maximum Gasteiger partial charge on any atom is 0.320 e. The lowest BCUT2D eigenvalue weighted by Gasteiger charge is -2.55. The summed E-state index contributed by atoms with van der Waals surface area (Å²) in [6.07, 6.45) is 1.72. The highest BCUT2D eigenvalue weighted by Crippen LogP contribution is 2.43. The maximum atomic E-state index is 12.9. The number of anilines is 1. The smallest absolute Gasteiger partial charge is 0.320 e. The number of nitrogens with zero attached hydrogens (tertiary/aromatic N) is 4. The van der Waals surface area contributed by atoms with Gasteiger partial charge >= 0.3 is 6.03 Å². The Balaban J connectivity index is 1.44. The lowest BCUT2D eigenvalue weighted by Crippen LogP contribution is -2.71. The molecule has 4 bridgehead atoms. The van der Waals surface area contributed by atoms with Crippen molar-refractivity contribution in [3.8, 4) is 0 Å². The molecule has 0 radical (unpaired) electrons. The molecule has 7 heteroatoms. The Kier molecular flexibility index (Phi) is 4.36. The number of piperidine rings is 2. The Hall–Kier alpha value is -2.38. The summed E-state index contributed by atoms with van der Waals surface area (Å²) in [5, 5.41) is 10.6. The molecular weight excluding hydrogens is 352 g/mol. The van der Waals surface area contributed by atoms with E-state index in [0.717, 1.165) is 51.6 Å². The number of carbonyl (C=O) groups is 1. The summed E-state index contributed by atoms with van der Waals surface area (Å²) in [5.41, 5.74) is 1.27. The van der Waals surface area contributed by atoms with Crippen molar-refractivity contribution in [1.82, 2.24) is 24.9 Å². The minimum atomic E-state index is -0.133. The van der Waals surface area contributed by atoms with Crippen molar-refractivity contribution < 1.29 is 4.79 Å². The average Bonchev–Trinajstić information content (AvgIpc) is 3.00. The van der Waals surface area contributed by atoms with Crippen LogP contribution in [0, 0.1) is 5.92 Å². The first-order valence-corrected chi connectivity index (χ1v) is 10.3. The zero-order valence-corrected chi connectivity index (χ0v) is 16.3. The zero-order valence-electron chi connectivity index (χ0n) is 16.3. The van der Waals surface area contributed by atoms with Gasteiger partial charge in [-0.05, 0) is 12.5 Å². The van der Waals surface area contributed by atoms with Crippen molar-refractivity contribution >= 4 is 11.8 Å². The molecule has 4 saturated heterocycles. The molecule has 0 aliphatic carbocycles. The predicted molar refractivity (Wildman–Crippen MR) is 108 cm³/mol. The number of fused-ring (bicyclic) bond motifs is 1. The molecule has 148 valence electrons. The second-order valence-corrected chi connectivity index (χ2v) is 8.36. The molecule has 2 N–H and O–H groups in total. The van der Waals surface area contributed by atoms with Crippen molar-refractivity contribution in [3.05, 3.63) is 48.2 Å². The maximum absolute atomic E-state index is 12.9. The number of benzene rings is 1. The summed E-state index contributed by atoms with van der Waals surface area (Å²) in [5.74, 6) is 1.18. The molecule has 3 atom stereocenters. The van der Waals surface area contributed by atoms with Crippen LogP contribution in [0.2, 0.25) is 0 Å². The van der Waals surface area contributed by atoms with Gasteiger partial charge in [-0.3, -0.25) is 5.32 Å². The van der Waals surface area contributed by atoms with E-state index >= 15 is 0 Å². The third-order valence-electron chi connectivity index (χ3n) is 6.69. The van der Waals surface area contributed by atoms with Gasteiger partial charge in [-0.2, -0.15) is 5.10 Å². The Morgan fingerprint density at radius 2 is 1.86 bits per heavy atom. The summed E-state index contributed by atoms with van der Waals surface area (Å²) < 4.78 is 1.80. The van der Waals surface area contributed by atoms with Crippen molar-refractivity contribution in [2.24, 2.45) is 5.92 Å². The van der Waals surface area contributed by atoms with E-state index in [-0.39, 0.29) is 17.5 Å². The van der Waals surface area contributed by atoms with Gasteiger partial charge in [0.25, 0.3) is 0 Å². The second-order valence-electron chi connectivity index (χ2n) is 8.36. The van der Waals surface area contributed by atoms with Crippen molar-refractivity contribution in [3.63, 3.8) is 0 Å². The van der Waals surface area contributed by atoms with Crippen LogP contribution in [0.4, 0.5) is 10.6 Å². The molecule has 2 amide bonds. The molecule has 0 spiro atoms. The van der Waals surface area contributed by atoms with E-state index in [1.54, 1.807) is 10.9 Å². The number of urea groups is 1. The third kappa shape index (κ3) is 2.89. The number of nitrogens with one attached hydrogen (secondary N) is 2. The Morgan fingerprint density at radius 1 is 1.14 bits per heavy atom. The van der Waals surface area contributed by atoms with Gasteiger partial charge in [0.15, 0.2) is 0 Å². The first kappa shape index (κ1) is 17.7. The van der Waals surface area contributed by atoms with E-state index in [1.807, 2.05) is 13.0 Å². The summed E-state index contributed by atoms with van der Waals surface area (Å²) >= 11 is 0. The van der Waals surface area contributed by atoms with Gasteiger partial charge in [0.05, 0.1) is 6.20 Å². The van der Waals surface area contributed by atoms with Crippen LogP contribution in [0.25, 0.3) is 0 Å². The number of rotatable bonds is 4. The molecular formula is C21H28N6O. The molecule has 1 aromatic carbocycles. The number of aromatic nitrogens is 2. The zero-order chi connectivity index (χ0) is 19.1. The average molecular weight is 380 g/mol. The Bertz CT molecular complexity index is 834. The highest BCUT2D eigenvalue weighted by atomic mass is 16.2. The first-order chi connectivity index (χ1) is 13.7. The molecule has 5 heterocycles. The fourth-order valence-corrected chi connectivity index (χ4v) is 5.55. The van der Waals surface area contributed by atoms with Crippen LogP contribution in [0.5, 0.6) is 0 Å². The van der Waals surface area contributed by atoms with Crippen LogP contribution in [0.1, 0.15) is 12.5 Å². The van der Waals surface area contributed by atoms with Crippen LogP contribution >= 0.6 is 0 Å². The monoisotopic (exact) mass is 380 g/mol. The molecule has 1 aromatic heterocycles. The van der Waals surface area contributed by atoms with Crippen LogP contribution < -0.4 is 10.6 Å². The predicted octanol–water partition coefficient (Wildman–Crippen LogP) is 1.59. The van der Waals surface area contributed by atoms with Crippen LogP contribution in [0.3, 0.4) is 0 Å². The lowest BCUT2D eigenvalue weighted by molar-refractivity contribution is 0.0238. The largest absolute Gasteiger partial charge is 0.334 e. The Morgan fingerprint density at radius 3 is 2.54 bits per heavy atom. The summed E-state index contributed by atoms with van der Waals surface area (Å²) in [7, 11) is 0. The van der Waals surface area contributed by atoms with Crippen molar-refractivity contribution in [2.75, 3.05) is 44.6 Å². The van der Waals surface area contributed by atoms with Gasteiger partial charge in [-0.15, -0.1) is 0 Å². The van der Waals surface area contributed by atoms with E-state index in [2.05, 4.69) is 55.9 Å². The third-order valence-corrected chi connectivity index (χ3v) is 6.69. The molecule has 6 rings (SSSR count). The molecule has 4 aliphatic rings. The van der Waals surface area contributed by atoms with Gasteiger partial charge in [0, 0.05) is 69.3 Å². The standard InChI is InChI=1S/C21H28N6O/c1-2-27-18(8-9-22-27)23-20(28)24-19-16-12-25-10-11-26(13-16)15-21(19,14-25)17-6-4-3-5-7-17/h3-9,16,19H,2,10-15H2,1H3,(H2,23,24,28). The summed E-state index contributed by atoms with van der Waals surface area (Å²) in [6.45, 7) is 9.12. The van der Waals surface area contributed by atoms with E-state index in [0.29, 0.717) is 5.92 Å². The molecule has 4 fully saturated rings. The minimum absolute atomic E-state index is 0.0682. The summed E-state index contributed by atoms with van der Waals surface area (Å²) in [4.78, 5) is 18.1. The highest BCUT2D eigenvalue weighted by Gasteiger charge is 2.55. The van der Waals surface area contributed by atoms with E-state index in [4.69, 9.17) is 0 Å². The number of amides is 2. The van der Waals surface area contributed by atoms with Crippen LogP contribution in [-0.2, 0) is 12.0 Å². The Labute approximate surface area is 165 Å². The first-order valence-electron chi connectivity index (χ1n) is 10.3. The quantitative estimate of drug-likeness (QED) is 0.846. The lowest BCUT2D eigenvalue weighted by atomic mass is 9.64. The molecule has 28 heavy (non-hydrogen) atoms. The summed E-state index contributed by atoms with van der Waals surface area (Å²) in [6, 6.07) is 12.6. The normalized spacial score (nSPS) is 33.5. The van der Waals surface area contributed by atoms with Gasteiger partial charge < -0.3 is 15.1 Å². The number of hydrogen-bond acceptors (Lipinski definition) is 4. The van der Waals surface area contributed by atoms with Gasteiger partial charge in [-0.25, -0.2) is 9.48 Å². The number of aryl methyl sites for hydroxylation is 1. The molecule has 7 nitrogen and oxygen atoms in total. The van der Waals surface area contributed by atoms with E-state index in [1.165, 1.54) is 5.56 Å². The van der Waals surface area contributed by atoms with Crippen molar-refractivity contribution in [1.29, 1.82) is 0 Å². The number of carbonyl (C=O) groups excluding carboxylic acids is 1. The topological polar surface area (TPSA) is 65.4 Å². The molecule has 0 saturated carbocycles. The van der Waals surface area contributed by atoms with E-state index < -0.39 is 0 Å². The van der Waals surface area contributed by atoms with Crippen LogP contribution in [-0.4, -0.2) is 70.9 Å². The van der Waals surface area contributed by atoms with Crippen LogP contribution in [0.15, 0.2) is 42.6 Å². The highest BCUT2D eigenvalue weighted by molar-refractivity contribution is 5.88. The van der Waals surface area contributed by atoms with E-state index in [9.17, 15) is 4.79 Å².